The average Bonchev–Trinajstić information content (AvgIpc) is 2.44. The summed E-state index contributed by atoms with van der Waals surface area (Å²) in [6.07, 6.45) is 25.7. The molecule has 0 aromatic rings. The van der Waals surface area contributed by atoms with Crippen LogP contribution in [-0.4, -0.2) is 19.2 Å². The minimum absolute atomic E-state index is 0.0273. The standard InChI is InChI=1S/C17H17NO2/c1-2-14-20-17(19)18-15-16-12-10-8-6-4-3-5-7-9-11-13-16/h1,3-13H,14-15H2,(H,18,19)/b4-3-,5-3?,6-4?,7-5-,8-6-,9-7?,10-8?,11-9-,12-10-,13-11?,16-12?,16-13+. The van der Waals surface area contributed by atoms with Gasteiger partial charge in [0.25, 0.3) is 0 Å². The van der Waals surface area contributed by atoms with Gasteiger partial charge in [0.05, 0.1) is 0 Å². The quantitative estimate of drug-likeness (QED) is 0.798. The van der Waals surface area contributed by atoms with Gasteiger partial charge in [0.2, 0.25) is 0 Å². The monoisotopic (exact) mass is 267 g/mol. The lowest BCUT2D eigenvalue weighted by molar-refractivity contribution is 0.161. The molecule has 0 atom stereocenters. The molecule has 0 aromatic heterocycles. The highest BCUT2D eigenvalue weighted by atomic mass is 16.5. The maximum atomic E-state index is 11.3. The minimum Gasteiger partial charge on any atom is -0.436 e. The zero-order valence-corrected chi connectivity index (χ0v) is 11.2. The Labute approximate surface area is 119 Å². The fourth-order valence-corrected chi connectivity index (χ4v) is 1.31. The number of carbonyl (C=O) groups is 1. The van der Waals surface area contributed by atoms with E-state index in [1.165, 1.54) is 0 Å². The first-order valence-corrected chi connectivity index (χ1v) is 6.21. The van der Waals surface area contributed by atoms with Gasteiger partial charge in [0, 0.05) is 6.54 Å². The molecule has 1 aliphatic carbocycles. The number of allylic oxidation sites excluding steroid dienone is 10. The molecule has 0 aromatic carbocycles. The van der Waals surface area contributed by atoms with E-state index in [2.05, 4.69) is 11.2 Å². The number of hydrogen-bond donors (Lipinski definition) is 1. The molecule has 0 fully saturated rings. The molecule has 1 N–H and O–H groups in total. The predicted molar refractivity (Wildman–Crippen MR) is 82.0 cm³/mol. The first-order valence-electron chi connectivity index (χ1n) is 6.21. The smallest absolute Gasteiger partial charge is 0.408 e. The van der Waals surface area contributed by atoms with Gasteiger partial charge in [0.1, 0.15) is 0 Å². The molecule has 3 nitrogen and oxygen atoms in total. The maximum absolute atomic E-state index is 11.3. The molecule has 0 saturated carbocycles. The zero-order valence-electron chi connectivity index (χ0n) is 11.2. The molecule has 20 heavy (non-hydrogen) atoms. The maximum Gasteiger partial charge on any atom is 0.408 e. The number of ether oxygens (including phenoxy) is 1. The minimum atomic E-state index is -0.522. The van der Waals surface area contributed by atoms with Crippen molar-refractivity contribution in [3.8, 4) is 12.3 Å². The van der Waals surface area contributed by atoms with E-state index in [-0.39, 0.29) is 6.61 Å². The fraction of sp³-hybridized carbons (Fsp3) is 0.118. The van der Waals surface area contributed by atoms with Crippen molar-refractivity contribution in [1.29, 1.82) is 0 Å². The summed E-state index contributed by atoms with van der Waals surface area (Å²) in [5.74, 6) is 2.24. The number of hydrogen-bond acceptors (Lipinski definition) is 2. The van der Waals surface area contributed by atoms with Gasteiger partial charge in [-0.05, 0) is 5.57 Å². The van der Waals surface area contributed by atoms with E-state index in [9.17, 15) is 4.79 Å². The Hall–Kier alpha value is -2.73. The van der Waals surface area contributed by atoms with Crippen LogP contribution in [0.25, 0.3) is 0 Å². The van der Waals surface area contributed by atoms with Crippen LogP contribution in [0.1, 0.15) is 0 Å². The molecule has 0 heterocycles. The van der Waals surface area contributed by atoms with Crippen LogP contribution in [-0.2, 0) is 4.74 Å². The highest BCUT2D eigenvalue weighted by molar-refractivity contribution is 5.67. The second-order valence-corrected chi connectivity index (χ2v) is 3.77. The van der Waals surface area contributed by atoms with Crippen molar-refractivity contribution in [3.05, 3.63) is 72.4 Å². The van der Waals surface area contributed by atoms with E-state index >= 15 is 0 Å². The van der Waals surface area contributed by atoms with Crippen LogP contribution in [0.4, 0.5) is 4.79 Å². The van der Waals surface area contributed by atoms with Gasteiger partial charge in [-0.15, -0.1) is 6.42 Å². The Kier molecular flexibility index (Phi) is 7.83. The molecule has 0 saturated heterocycles. The van der Waals surface area contributed by atoms with Gasteiger partial charge in [0.15, 0.2) is 6.61 Å². The molecule has 3 heteroatoms. The summed E-state index contributed by atoms with van der Waals surface area (Å²) in [6.45, 7) is 0.345. The Morgan fingerprint density at radius 1 is 1.05 bits per heavy atom. The van der Waals surface area contributed by atoms with E-state index in [4.69, 9.17) is 11.2 Å². The lowest BCUT2D eigenvalue weighted by Crippen LogP contribution is -2.26. The Bertz CT molecular complexity index is 526. The first kappa shape index (κ1) is 15.3. The molecule has 0 bridgehead atoms. The number of rotatable bonds is 3. The molecular weight excluding hydrogens is 250 g/mol. The molecular formula is C17H17NO2. The van der Waals surface area contributed by atoms with Gasteiger partial charge >= 0.3 is 6.09 Å². The first-order chi connectivity index (χ1) is 9.83. The van der Waals surface area contributed by atoms with E-state index < -0.39 is 6.09 Å². The van der Waals surface area contributed by atoms with E-state index in [0.717, 1.165) is 5.57 Å². The van der Waals surface area contributed by atoms with Gasteiger partial charge in [-0.2, -0.15) is 0 Å². The fourth-order valence-electron chi connectivity index (χ4n) is 1.31. The lowest BCUT2D eigenvalue weighted by atomic mass is 10.2. The largest absolute Gasteiger partial charge is 0.436 e. The molecule has 0 aliphatic heterocycles. The van der Waals surface area contributed by atoms with E-state index in [1.54, 1.807) is 0 Å². The molecule has 0 spiro atoms. The Morgan fingerprint density at radius 2 is 1.65 bits per heavy atom. The molecule has 102 valence electrons. The summed E-state index contributed by atoms with van der Waals surface area (Å²) in [5.41, 5.74) is 0.946. The number of nitrogens with one attached hydrogen (secondary N) is 1. The SMILES string of the molecule is C#CCOC(=O)NCC1=C/C=C\C=C/C=C\C=C/C=C\1. The van der Waals surface area contributed by atoms with Crippen molar-refractivity contribution >= 4 is 6.09 Å². The predicted octanol–water partition coefficient (Wildman–Crippen LogP) is 3.07. The highest BCUT2D eigenvalue weighted by Crippen LogP contribution is 1.99. The lowest BCUT2D eigenvalue weighted by Gasteiger charge is -2.05. The van der Waals surface area contributed by atoms with Crippen molar-refractivity contribution in [2.45, 2.75) is 0 Å². The molecule has 0 unspecified atom stereocenters. The number of carbonyl (C=O) groups excluding carboxylic acids is 1. The summed E-state index contributed by atoms with van der Waals surface area (Å²) in [6, 6.07) is 0. The van der Waals surface area contributed by atoms with Crippen LogP contribution in [0.3, 0.4) is 0 Å². The second-order valence-electron chi connectivity index (χ2n) is 3.77. The van der Waals surface area contributed by atoms with E-state index in [0.29, 0.717) is 6.54 Å². The van der Waals surface area contributed by atoms with Crippen LogP contribution in [0, 0.1) is 12.3 Å². The van der Waals surface area contributed by atoms with Crippen LogP contribution in [0.5, 0.6) is 0 Å². The Morgan fingerprint density at radius 3 is 2.30 bits per heavy atom. The molecule has 1 amide bonds. The topological polar surface area (TPSA) is 38.3 Å². The van der Waals surface area contributed by atoms with Crippen molar-refractivity contribution in [2.75, 3.05) is 13.2 Å². The summed E-state index contributed by atoms with van der Waals surface area (Å²) < 4.78 is 4.73. The van der Waals surface area contributed by atoms with Gasteiger partial charge < -0.3 is 10.1 Å². The second kappa shape index (κ2) is 10.2. The summed E-state index contributed by atoms with van der Waals surface area (Å²) in [7, 11) is 0. The molecule has 0 radical (unpaired) electrons. The third-order valence-electron chi connectivity index (χ3n) is 2.23. The third-order valence-corrected chi connectivity index (χ3v) is 2.23. The van der Waals surface area contributed by atoms with Crippen LogP contribution in [0.2, 0.25) is 0 Å². The van der Waals surface area contributed by atoms with Crippen LogP contribution < -0.4 is 5.32 Å². The molecule has 1 aliphatic rings. The average molecular weight is 267 g/mol. The van der Waals surface area contributed by atoms with Crippen LogP contribution in [0.15, 0.2) is 72.4 Å². The van der Waals surface area contributed by atoms with Crippen molar-refractivity contribution in [2.24, 2.45) is 0 Å². The third kappa shape index (κ3) is 7.57. The Balaban J connectivity index is 2.60. The van der Waals surface area contributed by atoms with Crippen molar-refractivity contribution in [3.63, 3.8) is 0 Å². The van der Waals surface area contributed by atoms with Crippen molar-refractivity contribution < 1.29 is 9.53 Å². The highest BCUT2D eigenvalue weighted by Gasteiger charge is 2.00. The number of amides is 1. The zero-order chi connectivity index (χ0) is 14.5. The number of alkyl carbamates (subject to hydrolysis) is 1. The van der Waals surface area contributed by atoms with E-state index in [1.807, 2.05) is 66.8 Å². The van der Waals surface area contributed by atoms with Crippen LogP contribution >= 0.6 is 0 Å². The normalized spacial score (nSPS) is 24.4. The summed E-state index contributed by atoms with van der Waals surface area (Å²) in [5, 5.41) is 2.63. The van der Waals surface area contributed by atoms with Gasteiger partial charge in [-0.25, -0.2) is 4.79 Å². The van der Waals surface area contributed by atoms with Gasteiger partial charge in [-0.1, -0.05) is 72.8 Å². The number of terminal acetylenes is 1. The summed E-state index contributed by atoms with van der Waals surface area (Å²) in [4.78, 5) is 11.3. The van der Waals surface area contributed by atoms with Crippen molar-refractivity contribution in [1.82, 2.24) is 5.32 Å². The van der Waals surface area contributed by atoms with Gasteiger partial charge in [-0.3, -0.25) is 0 Å². The summed E-state index contributed by atoms with van der Waals surface area (Å²) >= 11 is 0. The molecule has 1 rings (SSSR count).